The predicted octanol–water partition coefficient (Wildman–Crippen LogP) is 1.99. The molecule has 4 heterocycles. The van der Waals surface area contributed by atoms with Gasteiger partial charge in [0.15, 0.2) is 11.6 Å². The van der Waals surface area contributed by atoms with E-state index in [2.05, 4.69) is 26.0 Å². The number of hydrogen-bond acceptors (Lipinski definition) is 9. The summed E-state index contributed by atoms with van der Waals surface area (Å²) in [5.74, 6) is 1.89. The van der Waals surface area contributed by atoms with Crippen molar-refractivity contribution in [2.24, 2.45) is 0 Å². The van der Waals surface area contributed by atoms with Crippen molar-refractivity contribution in [3.05, 3.63) is 30.0 Å². The molecule has 176 valence electrons. The van der Waals surface area contributed by atoms with Crippen molar-refractivity contribution < 1.29 is 14.1 Å². The van der Waals surface area contributed by atoms with Crippen molar-refractivity contribution in [3.63, 3.8) is 0 Å². The smallest absolute Gasteiger partial charge is 0.227 e. The molecular weight excluding hydrogens is 422 g/mol. The Balaban J connectivity index is 0.000000601. The van der Waals surface area contributed by atoms with Crippen LogP contribution in [-0.2, 0) is 9.53 Å². The van der Waals surface area contributed by atoms with Gasteiger partial charge in [-0.25, -0.2) is 9.97 Å². The lowest BCUT2D eigenvalue weighted by Crippen LogP contribution is -2.37. The maximum atomic E-state index is 9.06. The summed E-state index contributed by atoms with van der Waals surface area (Å²) in [4.78, 5) is 21.1. The molecule has 1 amide bonds. The van der Waals surface area contributed by atoms with Crippen molar-refractivity contribution in [1.82, 2.24) is 25.8 Å². The van der Waals surface area contributed by atoms with Crippen LogP contribution in [0.25, 0.3) is 22.5 Å². The third kappa shape index (κ3) is 5.23. The first-order valence-electron chi connectivity index (χ1n) is 11.3. The summed E-state index contributed by atoms with van der Waals surface area (Å²) in [6.07, 6.45) is 2.72. The molecule has 0 saturated carbocycles. The van der Waals surface area contributed by atoms with Crippen molar-refractivity contribution in [3.8, 4) is 11.4 Å². The highest BCUT2D eigenvalue weighted by atomic mass is 16.5. The Bertz CT molecular complexity index is 1040. The number of aromatic nitrogens is 3. The lowest BCUT2D eigenvalue weighted by Gasteiger charge is -2.27. The number of fused-ring (bicyclic) bond motifs is 1. The number of benzene rings is 1. The van der Waals surface area contributed by atoms with Crippen LogP contribution in [0.1, 0.15) is 24.5 Å². The molecule has 1 aromatic carbocycles. The third-order valence-corrected chi connectivity index (χ3v) is 5.91. The Kier molecular flexibility index (Phi) is 7.69. The van der Waals surface area contributed by atoms with Crippen LogP contribution >= 0.6 is 0 Å². The number of piperidine rings is 1. The highest BCUT2D eigenvalue weighted by molar-refractivity contribution is 5.88. The molecule has 33 heavy (non-hydrogen) atoms. The first kappa shape index (κ1) is 22.9. The number of carbonyl (C=O) groups excluding carboxylic acids is 1. The monoisotopic (exact) mass is 453 g/mol. The number of anilines is 2. The fourth-order valence-corrected chi connectivity index (χ4v) is 4.10. The average Bonchev–Trinajstić information content (AvgIpc) is 3.33. The second-order valence-electron chi connectivity index (χ2n) is 7.97. The van der Waals surface area contributed by atoms with Crippen molar-refractivity contribution in [1.29, 1.82) is 0 Å². The Morgan fingerprint density at radius 2 is 1.79 bits per heavy atom. The summed E-state index contributed by atoms with van der Waals surface area (Å²) in [7, 11) is 3.48. The molecule has 0 bridgehead atoms. The van der Waals surface area contributed by atoms with E-state index in [9.17, 15) is 0 Å². The van der Waals surface area contributed by atoms with E-state index in [1.165, 1.54) is 0 Å². The van der Waals surface area contributed by atoms with Gasteiger partial charge < -0.3 is 30.1 Å². The average molecular weight is 454 g/mol. The molecule has 2 fully saturated rings. The second kappa shape index (κ2) is 11.1. The Morgan fingerprint density at radius 1 is 1.09 bits per heavy atom. The largest absolute Gasteiger partial charge is 0.388 e. The van der Waals surface area contributed by atoms with E-state index < -0.39 is 0 Å². The van der Waals surface area contributed by atoms with E-state index in [1.807, 2.05) is 31.3 Å². The molecule has 2 aromatic heterocycles. The maximum Gasteiger partial charge on any atom is 0.227 e. The van der Waals surface area contributed by atoms with Gasteiger partial charge >= 0.3 is 0 Å². The number of hydrogen-bond donors (Lipinski definition) is 3. The van der Waals surface area contributed by atoms with Crippen molar-refractivity contribution in [2.45, 2.75) is 18.8 Å². The standard InChI is InChI=1S/C21H26N6O2.C2H5NO/c1-22-16-4-2-15(3-5-16)20-24-18-17(14-6-8-23-9-7-14)26-29-19(18)21(25-20)27-10-12-28-13-11-27;1-3-2-4/h2-5,14,22-23H,6-13H2,1H3;2H,1H3,(H,3,4). The summed E-state index contributed by atoms with van der Waals surface area (Å²) in [5.41, 5.74) is 4.55. The minimum atomic E-state index is 0.365. The van der Waals surface area contributed by atoms with Crippen LogP contribution in [0.15, 0.2) is 28.8 Å². The fraction of sp³-hybridized carbons (Fsp3) is 0.478. The fourth-order valence-electron chi connectivity index (χ4n) is 4.10. The van der Waals surface area contributed by atoms with Gasteiger partial charge in [0.05, 0.1) is 13.2 Å². The van der Waals surface area contributed by atoms with E-state index in [4.69, 9.17) is 24.0 Å². The molecule has 2 saturated heterocycles. The summed E-state index contributed by atoms with van der Waals surface area (Å²) >= 11 is 0. The third-order valence-electron chi connectivity index (χ3n) is 5.91. The zero-order valence-electron chi connectivity index (χ0n) is 19.1. The van der Waals surface area contributed by atoms with Gasteiger partial charge in [-0.15, -0.1) is 0 Å². The van der Waals surface area contributed by atoms with Gasteiger partial charge in [-0.05, 0) is 50.2 Å². The molecule has 3 aromatic rings. The molecule has 10 nitrogen and oxygen atoms in total. The van der Waals surface area contributed by atoms with E-state index in [-0.39, 0.29) is 0 Å². The lowest BCUT2D eigenvalue weighted by atomic mass is 9.94. The first-order chi connectivity index (χ1) is 16.2. The van der Waals surface area contributed by atoms with Gasteiger partial charge in [0, 0.05) is 44.4 Å². The molecule has 0 radical (unpaired) electrons. The van der Waals surface area contributed by atoms with Gasteiger partial charge in [0.1, 0.15) is 11.2 Å². The molecule has 10 heteroatoms. The SMILES string of the molecule is CNC=O.CNc1ccc(-c2nc(N3CCOCC3)c3onc(C4CCNCC4)c3n2)cc1. The second-order valence-corrected chi connectivity index (χ2v) is 7.97. The minimum Gasteiger partial charge on any atom is -0.388 e. The topological polar surface area (TPSA) is 117 Å². The van der Waals surface area contributed by atoms with Crippen LogP contribution in [0.2, 0.25) is 0 Å². The van der Waals surface area contributed by atoms with E-state index in [1.54, 1.807) is 7.05 Å². The number of morpholine rings is 1. The maximum absolute atomic E-state index is 9.06. The van der Waals surface area contributed by atoms with E-state index in [0.29, 0.717) is 36.9 Å². The summed E-state index contributed by atoms with van der Waals surface area (Å²) < 4.78 is 11.4. The zero-order valence-corrected chi connectivity index (χ0v) is 19.1. The Morgan fingerprint density at radius 3 is 2.42 bits per heavy atom. The molecule has 3 N–H and O–H groups in total. The molecule has 5 rings (SSSR count). The number of nitrogens with zero attached hydrogens (tertiary/aromatic N) is 4. The van der Waals surface area contributed by atoms with Gasteiger partial charge in [0.25, 0.3) is 0 Å². The summed E-state index contributed by atoms with van der Waals surface area (Å²) in [6.45, 7) is 4.94. The van der Waals surface area contributed by atoms with Gasteiger partial charge in [-0.3, -0.25) is 4.79 Å². The Labute approximate surface area is 193 Å². The number of carbonyl (C=O) groups is 1. The first-order valence-corrected chi connectivity index (χ1v) is 11.3. The van der Waals surface area contributed by atoms with Gasteiger partial charge in [-0.1, -0.05) is 5.16 Å². The Hall–Kier alpha value is -3.24. The highest BCUT2D eigenvalue weighted by Crippen LogP contribution is 2.35. The van der Waals surface area contributed by atoms with Gasteiger partial charge in [-0.2, -0.15) is 0 Å². The van der Waals surface area contributed by atoms with Crippen LogP contribution in [0.3, 0.4) is 0 Å². The molecular formula is C23H31N7O3. The summed E-state index contributed by atoms with van der Waals surface area (Å²) in [5, 5.41) is 13.3. The number of ether oxygens (including phenoxy) is 1. The quantitative estimate of drug-likeness (QED) is 0.499. The number of amides is 1. The molecule has 0 unspecified atom stereocenters. The van der Waals surface area contributed by atoms with E-state index in [0.717, 1.165) is 67.3 Å². The van der Waals surface area contributed by atoms with Gasteiger partial charge in [0.2, 0.25) is 12.0 Å². The molecule has 0 aliphatic carbocycles. The number of nitrogens with one attached hydrogen (secondary N) is 3. The molecule has 0 atom stereocenters. The normalized spacial score (nSPS) is 16.7. The molecule has 0 spiro atoms. The van der Waals surface area contributed by atoms with Crippen LogP contribution in [0.4, 0.5) is 11.5 Å². The predicted molar refractivity (Wildman–Crippen MR) is 128 cm³/mol. The minimum absolute atomic E-state index is 0.365. The number of rotatable bonds is 5. The molecule has 2 aliphatic heterocycles. The van der Waals surface area contributed by atoms with Crippen molar-refractivity contribution >= 4 is 29.0 Å². The zero-order chi connectivity index (χ0) is 23.0. The van der Waals surface area contributed by atoms with Crippen LogP contribution in [0.5, 0.6) is 0 Å². The molecule has 2 aliphatic rings. The van der Waals surface area contributed by atoms with Crippen molar-refractivity contribution in [2.75, 3.05) is 63.7 Å². The highest BCUT2D eigenvalue weighted by Gasteiger charge is 2.27. The van der Waals surface area contributed by atoms with Crippen LogP contribution in [-0.4, -0.2) is 75.0 Å². The lowest BCUT2D eigenvalue weighted by molar-refractivity contribution is -0.109. The summed E-state index contributed by atoms with van der Waals surface area (Å²) in [6, 6.07) is 8.18. The van der Waals surface area contributed by atoms with E-state index >= 15 is 0 Å². The van der Waals surface area contributed by atoms with Crippen LogP contribution < -0.4 is 20.9 Å². The van der Waals surface area contributed by atoms with Crippen LogP contribution in [0, 0.1) is 0 Å².